The highest BCUT2D eigenvalue weighted by atomic mass is 35.5. The number of rotatable bonds is 7. The van der Waals surface area contributed by atoms with Gasteiger partial charge in [0.15, 0.2) is 0 Å². The fraction of sp³-hybridized carbons (Fsp3) is 0.474. The SMILES string of the molecule is CN(CCO)C1=C(c2ccc(Cl)cc2)C(=O)N(CCN2CCOCC2)C1=O. The van der Waals surface area contributed by atoms with E-state index in [1.54, 1.807) is 36.2 Å². The number of aliphatic hydroxyl groups excluding tert-OH is 1. The van der Waals surface area contributed by atoms with Crippen LogP contribution in [0.4, 0.5) is 0 Å². The Morgan fingerprint density at radius 3 is 2.41 bits per heavy atom. The van der Waals surface area contributed by atoms with Gasteiger partial charge in [0.25, 0.3) is 11.8 Å². The Hall–Kier alpha value is -1.93. The molecular formula is C19H24ClN3O4. The van der Waals surface area contributed by atoms with Gasteiger partial charge in [-0.25, -0.2) is 0 Å². The van der Waals surface area contributed by atoms with Gasteiger partial charge in [-0.05, 0) is 17.7 Å². The molecule has 146 valence electrons. The Labute approximate surface area is 163 Å². The molecule has 8 heteroatoms. The standard InChI is InChI=1S/C19H24ClN3O4/c1-21(8-11-24)17-16(14-2-4-15(20)5-3-14)18(25)23(19(17)26)7-6-22-9-12-27-13-10-22/h2-5,24H,6-13H2,1H3. The van der Waals surface area contributed by atoms with Gasteiger partial charge in [0.1, 0.15) is 5.70 Å². The van der Waals surface area contributed by atoms with E-state index in [2.05, 4.69) is 4.90 Å². The summed E-state index contributed by atoms with van der Waals surface area (Å²) in [5, 5.41) is 9.83. The highest BCUT2D eigenvalue weighted by Crippen LogP contribution is 2.31. The largest absolute Gasteiger partial charge is 0.395 e. The van der Waals surface area contributed by atoms with Crippen LogP contribution in [0.25, 0.3) is 5.57 Å². The van der Waals surface area contributed by atoms with E-state index in [0.29, 0.717) is 48.2 Å². The van der Waals surface area contributed by atoms with E-state index < -0.39 is 0 Å². The summed E-state index contributed by atoms with van der Waals surface area (Å²) in [6, 6.07) is 6.87. The summed E-state index contributed by atoms with van der Waals surface area (Å²) in [6.45, 7) is 4.03. The van der Waals surface area contributed by atoms with Crippen molar-refractivity contribution in [1.29, 1.82) is 0 Å². The number of carbonyl (C=O) groups excluding carboxylic acids is 2. The Balaban J connectivity index is 1.84. The molecule has 0 aromatic heterocycles. The molecule has 1 aromatic rings. The fourth-order valence-corrected chi connectivity index (χ4v) is 3.45. The average molecular weight is 394 g/mol. The molecular weight excluding hydrogens is 370 g/mol. The smallest absolute Gasteiger partial charge is 0.277 e. The van der Waals surface area contributed by atoms with Crippen molar-refractivity contribution in [2.24, 2.45) is 0 Å². The molecule has 3 rings (SSSR count). The van der Waals surface area contributed by atoms with Gasteiger partial charge in [0.2, 0.25) is 0 Å². The minimum Gasteiger partial charge on any atom is -0.395 e. The van der Waals surface area contributed by atoms with Crippen LogP contribution in [0, 0.1) is 0 Å². The molecule has 2 aliphatic heterocycles. The minimum absolute atomic E-state index is 0.108. The van der Waals surface area contributed by atoms with Crippen LogP contribution >= 0.6 is 11.6 Å². The highest BCUT2D eigenvalue weighted by molar-refractivity contribution is 6.36. The van der Waals surface area contributed by atoms with Gasteiger partial charge in [-0.1, -0.05) is 23.7 Å². The molecule has 1 fully saturated rings. The third-order valence-electron chi connectivity index (χ3n) is 4.84. The van der Waals surface area contributed by atoms with Crippen LogP contribution in [-0.4, -0.2) is 91.2 Å². The van der Waals surface area contributed by atoms with Crippen molar-refractivity contribution in [3.8, 4) is 0 Å². The molecule has 0 aliphatic carbocycles. The molecule has 0 radical (unpaired) electrons. The van der Waals surface area contributed by atoms with Crippen LogP contribution < -0.4 is 0 Å². The minimum atomic E-state index is -0.325. The van der Waals surface area contributed by atoms with Gasteiger partial charge in [-0.2, -0.15) is 0 Å². The summed E-state index contributed by atoms with van der Waals surface area (Å²) >= 11 is 5.96. The Kier molecular flexibility index (Phi) is 6.49. The van der Waals surface area contributed by atoms with E-state index in [-0.39, 0.29) is 25.0 Å². The van der Waals surface area contributed by atoms with Crippen molar-refractivity contribution in [3.63, 3.8) is 0 Å². The quantitative estimate of drug-likeness (QED) is 0.687. The van der Waals surface area contributed by atoms with Crippen molar-refractivity contribution in [2.75, 3.05) is 59.6 Å². The van der Waals surface area contributed by atoms with E-state index in [1.165, 1.54) is 4.90 Å². The first kappa shape index (κ1) is 19.8. The normalized spacial score (nSPS) is 18.6. The lowest BCUT2D eigenvalue weighted by Gasteiger charge is -2.28. The zero-order chi connectivity index (χ0) is 19.4. The van der Waals surface area contributed by atoms with E-state index in [4.69, 9.17) is 16.3 Å². The van der Waals surface area contributed by atoms with E-state index >= 15 is 0 Å². The second-order valence-electron chi connectivity index (χ2n) is 6.59. The monoisotopic (exact) mass is 393 g/mol. The molecule has 27 heavy (non-hydrogen) atoms. The summed E-state index contributed by atoms with van der Waals surface area (Å²) in [7, 11) is 1.71. The first-order chi connectivity index (χ1) is 13.0. The summed E-state index contributed by atoms with van der Waals surface area (Å²) < 4.78 is 5.34. The number of halogens is 1. The Bertz CT molecular complexity index is 729. The van der Waals surface area contributed by atoms with Gasteiger partial charge in [-0.15, -0.1) is 0 Å². The highest BCUT2D eigenvalue weighted by Gasteiger charge is 2.40. The number of hydrogen-bond donors (Lipinski definition) is 1. The van der Waals surface area contributed by atoms with Crippen LogP contribution in [0.3, 0.4) is 0 Å². The lowest BCUT2D eigenvalue weighted by atomic mass is 10.0. The molecule has 2 aliphatic rings. The fourth-order valence-electron chi connectivity index (χ4n) is 3.33. The van der Waals surface area contributed by atoms with E-state index in [9.17, 15) is 14.7 Å². The predicted octanol–water partition coefficient (Wildman–Crippen LogP) is 0.676. The molecule has 7 nitrogen and oxygen atoms in total. The number of hydrogen-bond acceptors (Lipinski definition) is 6. The van der Waals surface area contributed by atoms with Gasteiger partial charge < -0.3 is 14.7 Å². The molecule has 1 N–H and O–H groups in total. The molecule has 0 spiro atoms. The van der Waals surface area contributed by atoms with Crippen LogP contribution in [0.2, 0.25) is 5.02 Å². The lowest BCUT2D eigenvalue weighted by Crippen LogP contribution is -2.44. The zero-order valence-electron chi connectivity index (χ0n) is 15.4. The number of carbonyl (C=O) groups is 2. The first-order valence-corrected chi connectivity index (χ1v) is 9.39. The van der Waals surface area contributed by atoms with Crippen molar-refractivity contribution in [2.45, 2.75) is 0 Å². The molecule has 1 aromatic carbocycles. The second kappa shape index (κ2) is 8.84. The molecule has 1 saturated heterocycles. The maximum Gasteiger partial charge on any atom is 0.277 e. The summed E-state index contributed by atoms with van der Waals surface area (Å²) in [5.74, 6) is -0.635. The second-order valence-corrected chi connectivity index (χ2v) is 7.03. The molecule has 0 atom stereocenters. The van der Waals surface area contributed by atoms with E-state index in [0.717, 1.165) is 13.1 Å². The topological polar surface area (TPSA) is 73.3 Å². The third-order valence-corrected chi connectivity index (χ3v) is 5.09. The Morgan fingerprint density at radius 2 is 1.78 bits per heavy atom. The number of imide groups is 1. The summed E-state index contributed by atoms with van der Waals surface area (Å²) in [4.78, 5) is 31.2. The van der Waals surface area contributed by atoms with Gasteiger partial charge in [-0.3, -0.25) is 19.4 Å². The number of likely N-dealkylation sites (N-methyl/N-ethyl adjacent to an activating group) is 1. The number of morpholine rings is 1. The van der Waals surface area contributed by atoms with Crippen molar-refractivity contribution >= 4 is 29.0 Å². The zero-order valence-corrected chi connectivity index (χ0v) is 16.1. The molecule has 0 bridgehead atoms. The van der Waals surface area contributed by atoms with Gasteiger partial charge in [0, 0.05) is 44.8 Å². The van der Waals surface area contributed by atoms with Gasteiger partial charge >= 0.3 is 0 Å². The summed E-state index contributed by atoms with van der Waals surface area (Å²) in [6.07, 6.45) is 0. The molecule has 0 unspecified atom stereocenters. The van der Waals surface area contributed by atoms with Crippen LogP contribution in [0.15, 0.2) is 30.0 Å². The molecule has 2 amide bonds. The molecule has 0 saturated carbocycles. The van der Waals surface area contributed by atoms with Crippen molar-refractivity contribution in [3.05, 3.63) is 40.5 Å². The number of nitrogens with zero attached hydrogens (tertiary/aromatic N) is 3. The van der Waals surface area contributed by atoms with Crippen molar-refractivity contribution < 1.29 is 19.4 Å². The van der Waals surface area contributed by atoms with Crippen molar-refractivity contribution in [1.82, 2.24) is 14.7 Å². The van der Waals surface area contributed by atoms with Crippen LogP contribution in [0.1, 0.15) is 5.56 Å². The maximum absolute atomic E-state index is 13.1. The lowest BCUT2D eigenvalue weighted by molar-refractivity contribution is -0.137. The maximum atomic E-state index is 13.1. The van der Waals surface area contributed by atoms with E-state index in [1.807, 2.05) is 0 Å². The first-order valence-electron chi connectivity index (χ1n) is 9.01. The van der Waals surface area contributed by atoms with Gasteiger partial charge in [0.05, 0.1) is 25.4 Å². The molecule has 2 heterocycles. The third kappa shape index (κ3) is 4.32. The van der Waals surface area contributed by atoms with Crippen LogP contribution in [0.5, 0.6) is 0 Å². The predicted molar refractivity (Wildman–Crippen MR) is 102 cm³/mol. The van der Waals surface area contributed by atoms with Crippen LogP contribution in [-0.2, 0) is 14.3 Å². The Morgan fingerprint density at radius 1 is 1.11 bits per heavy atom. The number of benzene rings is 1. The summed E-state index contributed by atoms with van der Waals surface area (Å²) in [5.41, 5.74) is 1.32. The number of amides is 2. The average Bonchev–Trinajstić information content (AvgIpc) is 2.92. The number of aliphatic hydroxyl groups is 1. The number of ether oxygens (including phenoxy) is 1.